The molecule has 5 nitrogen and oxygen atoms in total. The number of hydrogen-bond acceptors (Lipinski definition) is 4. The minimum Gasteiger partial charge on any atom is -0.399 e. The second-order valence-corrected chi connectivity index (χ2v) is 7.87. The SMILES string of the molecule is CC1(C)OB(c2ccc(C(=O)NC3CCCCC3)nc2)OC1(C)C. The predicted octanol–water partition coefficient (Wildman–Crippen LogP) is 2.44. The number of hydrogen-bond donors (Lipinski definition) is 1. The van der Waals surface area contributed by atoms with Crippen LogP contribution in [0.4, 0.5) is 0 Å². The maximum absolute atomic E-state index is 12.3. The Kier molecular flexibility index (Phi) is 4.71. The van der Waals surface area contributed by atoms with E-state index in [9.17, 15) is 4.79 Å². The molecule has 0 atom stereocenters. The molecule has 6 heteroatoms. The fourth-order valence-corrected chi connectivity index (χ4v) is 3.16. The van der Waals surface area contributed by atoms with E-state index in [4.69, 9.17) is 9.31 Å². The third-order valence-electron chi connectivity index (χ3n) is 5.48. The van der Waals surface area contributed by atoms with E-state index in [-0.39, 0.29) is 23.2 Å². The molecule has 2 fully saturated rings. The Labute approximate surface area is 144 Å². The molecule has 0 bridgehead atoms. The number of nitrogens with zero attached hydrogens (tertiary/aromatic N) is 1. The topological polar surface area (TPSA) is 60.5 Å². The van der Waals surface area contributed by atoms with E-state index in [2.05, 4.69) is 10.3 Å². The number of pyridine rings is 1. The highest BCUT2D eigenvalue weighted by molar-refractivity contribution is 6.62. The highest BCUT2D eigenvalue weighted by atomic mass is 16.7. The van der Waals surface area contributed by atoms with Gasteiger partial charge in [0.2, 0.25) is 0 Å². The van der Waals surface area contributed by atoms with Gasteiger partial charge in [0.25, 0.3) is 5.91 Å². The Hall–Kier alpha value is -1.40. The molecule has 0 aromatic carbocycles. The molecule has 1 aromatic rings. The first-order chi connectivity index (χ1) is 11.3. The van der Waals surface area contributed by atoms with Gasteiger partial charge in [0, 0.05) is 17.7 Å². The summed E-state index contributed by atoms with van der Waals surface area (Å²) >= 11 is 0. The first kappa shape index (κ1) is 17.4. The molecule has 1 aliphatic carbocycles. The first-order valence-corrected chi connectivity index (χ1v) is 8.91. The summed E-state index contributed by atoms with van der Waals surface area (Å²) in [7, 11) is -0.446. The minimum atomic E-state index is -0.446. The highest BCUT2D eigenvalue weighted by Gasteiger charge is 2.51. The van der Waals surface area contributed by atoms with Crippen LogP contribution in [0.5, 0.6) is 0 Å². The van der Waals surface area contributed by atoms with Crippen molar-refractivity contribution < 1.29 is 14.1 Å². The molecule has 1 saturated heterocycles. The van der Waals surface area contributed by atoms with Crippen LogP contribution in [0.1, 0.15) is 70.3 Å². The Bertz CT molecular complexity index is 579. The van der Waals surface area contributed by atoms with Gasteiger partial charge in [0.15, 0.2) is 0 Å². The summed E-state index contributed by atoms with van der Waals surface area (Å²) in [4.78, 5) is 16.6. The van der Waals surface area contributed by atoms with Crippen molar-refractivity contribution in [3.8, 4) is 0 Å². The van der Waals surface area contributed by atoms with Gasteiger partial charge in [-0.05, 0) is 46.6 Å². The maximum Gasteiger partial charge on any atom is 0.496 e. The average Bonchev–Trinajstić information content (AvgIpc) is 2.76. The van der Waals surface area contributed by atoms with E-state index in [1.54, 1.807) is 12.3 Å². The average molecular weight is 330 g/mol. The van der Waals surface area contributed by atoms with Crippen molar-refractivity contribution in [2.45, 2.75) is 77.0 Å². The van der Waals surface area contributed by atoms with Gasteiger partial charge in [-0.3, -0.25) is 9.78 Å². The zero-order valence-corrected chi connectivity index (χ0v) is 15.1. The van der Waals surface area contributed by atoms with Gasteiger partial charge in [-0.15, -0.1) is 0 Å². The second kappa shape index (κ2) is 6.49. The van der Waals surface area contributed by atoms with Crippen LogP contribution in [0.3, 0.4) is 0 Å². The first-order valence-electron chi connectivity index (χ1n) is 8.91. The number of nitrogens with one attached hydrogen (secondary N) is 1. The van der Waals surface area contributed by atoms with Gasteiger partial charge >= 0.3 is 7.12 Å². The van der Waals surface area contributed by atoms with Gasteiger partial charge in [-0.1, -0.05) is 25.3 Å². The third kappa shape index (κ3) is 3.49. The molecule has 1 saturated carbocycles. The van der Waals surface area contributed by atoms with Crippen LogP contribution < -0.4 is 10.8 Å². The Morgan fingerprint density at radius 2 is 1.75 bits per heavy atom. The van der Waals surface area contributed by atoms with Crippen molar-refractivity contribution in [2.24, 2.45) is 0 Å². The summed E-state index contributed by atoms with van der Waals surface area (Å²) in [6.45, 7) is 8.08. The van der Waals surface area contributed by atoms with Gasteiger partial charge in [-0.25, -0.2) is 0 Å². The monoisotopic (exact) mass is 330 g/mol. The van der Waals surface area contributed by atoms with Crippen LogP contribution in [0.2, 0.25) is 0 Å². The molecular formula is C18H27BN2O3. The van der Waals surface area contributed by atoms with Crippen LogP contribution in [0.25, 0.3) is 0 Å². The molecule has 1 N–H and O–H groups in total. The molecule has 2 aliphatic rings. The standard InChI is InChI=1S/C18H27BN2O3/c1-17(2)18(3,4)24-19(23-17)13-10-11-15(20-12-13)16(22)21-14-8-6-5-7-9-14/h10-12,14H,5-9H2,1-4H3,(H,21,22). The van der Waals surface area contributed by atoms with Crippen molar-refractivity contribution in [1.29, 1.82) is 0 Å². The van der Waals surface area contributed by atoms with Crippen LogP contribution in [-0.2, 0) is 9.31 Å². The molecule has 130 valence electrons. The third-order valence-corrected chi connectivity index (χ3v) is 5.48. The number of aromatic nitrogens is 1. The molecule has 2 heterocycles. The summed E-state index contributed by atoms with van der Waals surface area (Å²) in [6, 6.07) is 3.90. The molecule has 3 rings (SSSR count). The van der Waals surface area contributed by atoms with E-state index < -0.39 is 7.12 Å². The van der Waals surface area contributed by atoms with E-state index in [1.165, 1.54) is 19.3 Å². The normalized spacial score (nSPS) is 23.2. The van der Waals surface area contributed by atoms with E-state index in [1.807, 2.05) is 33.8 Å². The zero-order valence-electron chi connectivity index (χ0n) is 15.1. The lowest BCUT2D eigenvalue weighted by Gasteiger charge is -2.32. The van der Waals surface area contributed by atoms with Crippen molar-refractivity contribution in [1.82, 2.24) is 10.3 Å². The van der Waals surface area contributed by atoms with Gasteiger partial charge in [-0.2, -0.15) is 0 Å². The fraction of sp³-hybridized carbons (Fsp3) is 0.667. The quantitative estimate of drug-likeness (QED) is 0.865. The van der Waals surface area contributed by atoms with Crippen molar-refractivity contribution in [3.05, 3.63) is 24.0 Å². The molecule has 1 aliphatic heterocycles. The van der Waals surface area contributed by atoms with Gasteiger partial charge in [0.05, 0.1) is 11.2 Å². The van der Waals surface area contributed by atoms with E-state index in [0.717, 1.165) is 18.3 Å². The summed E-state index contributed by atoms with van der Waals surface area (Å²) in [6.07, 6.45) is 7.47. The number of carbonyl (C=O) groups is 1. The van der Waals surface area contributed by atoms with Crippen molar-refractivity contribution >= 4 is 18.5 Å². The summed E-state index contributed by atoms with van der Waals surface area (Å²) < 4.78 is 12.0. The van der Waals surface area contributed by atoms with Crippen LogP contribution >= 0.6 is 0 Å². The minimum absolute atomic E-state index is 0.0950. The lowest BCUT2D eigenvalue weighted by atomic mass is 9.80. The second-order valence-electron chi connectivity index (χ2n) is 7.87. The molecule has 1 aromatic heterocycles. The van der Waals surface area contributed by atoms with Crippen LogP contribution in [-0.4, -0.2) is 35.3 Å². The summed E-state index contributed by atoms with van der Waals surface area (Å²) in [5.74, 6) is -0.0950. The fourth-order valence-electron chi connectivity index (χ4n) is 3.16. The Morgan fingerprint density at radius 3 is 2.29 bits per heavy atom. The molecule has 1 amide bonds. The number of carbonyl (C=O) groups excluding carboxylic acids is 1. The van der Waals surface area contributed by atoms with Crippen LogP contribution in [0, 0.1) is 0 Å². The van der Waals surface area contributed by atoms with Crippen molar-refractivity contribution in [3.63, 3.8) is 0 Å². The zero-order chi connectivity index (χ0) is 17.4. The number of rotatable bonds is 3. The molecule has 0 radical (unpaired) electrons. The summed E-state index contributed by atoms with van der Waals surface area (Å²) in [5, 5.41) is 3.09. The molecule has 24 heavy (non-hydrogen) atoms. The van der Waals surface area contributed by atoms with E-state index in [0.29, 0.717) is 5.69 Å². The molecule has 0 unspecified atom stereocenters. The van der Waals surface area contributed by atoms with Gasteiger partial charge in [0.1, 0.15) is 5.69 Å². The largest absolute Gasteiger partial charge is 0.496 e. The highest BCUT2D eigenvalue weighted by Crippen LogP contribution is 2.36. The lowest BCUT2D eigenvalue weighted by Crippen LogP contribution is -2.41. The predicted molar refractivity (Wildman–Crippen MR) is 94.3 cm³/mol. The van der Waals surface area contributed by atoms with E-state index >= 15 is 0 Å². The van der Waals surface area contributed by atoms with Crippen molar-refractivity contribution in [2.75, 3.05) is 0 Å². The Morgan fingerprint density at radius 1 is 1.12 bits per heavy atom. The lowest BCUT2D eigenvalue weighted by molar-refractivity contribution is 0.00578. The van der Waals surface area contributed by atoms with Crippen LogP contribution in [0.15, 0.2) is 18.3 Å². The molecular weight excluding hydrogens is 303 g/mol. The summed E-state index contributed by atoms with van der Waals surface area (Å²) in [5.41, 5.74) is 0.521. The molecule has 0 spiro atoms. The smallest absolute Gasteiger partial charge is 0.399 e. The maximum atomic E-state index is 12.3. The Balaban J connectivity index is 1.64. The number of amides is 1. The van der Waals surface area contributed by atoms with Gasteiger partial charge < -0.3 is 14.6 Å².